The lowest BCUT2D eigenvalue weighted by Crippen LogP contribution is -2.36. The Balaban J connectivity index is 1.79. The first-order valence-electron chi connectivity index (χ1n) is 9.31. The number of fused-ring (bicyclic) bond motifs is 1. The summed E-state index contributed by atoms with van der Waals surface area (Å²) in [6.45, 7) is 3.86. The molecule has 0 unspecified atom stereocenters. The molecule has 0 bridgehead atoms. The molecule has 1 aliphatic heterocycles. The molecular formula is C20H23N5O5S. The normalized spacial score (nSPS) is 14.8. The second-order valence-electron chi connectivity index (χ2n) is 7.86. The van der Waals surface area contributed by atoms with Gasteiger partial charge in [-0.15, -0.1) is 0 Å². The molecule has 0 fully saturated rings. The van der Waals surface area contributed by atoms with Gasteiger partial charge in [-0.1, -0.05) is 13.8 Å². The highest BCUT2D eigenvalue weighted by Gasteiger charge is 2.27. The third-order valence-electron chi connectivity index (χ3n) is 4.64. The van der Waals surface area contributed by atoms with E-state index in [2.05, 4.69) is 21.2 Å². The third-order valence-corrected chi connectivity index (χ3v) is 5.56. The van der Waals surface area contributed by atoms with Gasteiger partial charge in [-0.05, 0) is 42.5 Å². The Labute approximate surface area is 179 Å². The topological polar surface area (TPSA) is 163 Å². The average molecular weight is 446 g/mol. The predicted octanol–water partition coefficient (Wildman–Crippen LogP) is 0.851. The van der Waals surface area contributed by atoms with Crippen molar-refractivity contribution in [1.29, 1.82) is 0 Å². The van der Waals surface area contributed by atoms with E-state index in [-0.39, 0.29) is 29.7 Å². The van der Waals surface area contributed by atoms with Gasteiger partial charge < -0.3 is 15.7 Å². The smallest absolute Gasteiger partial charge is 0.276 e. The van der Waals surface area contributed by atoms with Gasteiger partial charge in [-0.25, -0.2) is 13.6 Å². The largest absolute Gasteiger partial charge is 0.396 e. The van der Waals surface area contributed by atoms with E-state index in [1.807, 2.05) is 13.8 Å². The van der Waals surface area contributed by atoms with Crippen molar-refractivity contribution in [3.63, 3.8) is 0 Å². The van der Waals surface area contributed by atoms with Crippen LogP contribution in [0.4, 0.5) is 11.4 Å². The van der Waals surface area contributed by atoms with E-state index < -0.39 is 21.3 Å². The Kier molecular flexibility index (Phi) is 6.11. The molecule has 0 spiro atoms. The van der Waals surface area contributed by atoms with Gasteiger partial charge in [0.05, 0.1) is 16.3 Å². The number of nitrogens with one attached hydrogen (secondary N) is 3. The molecule has 2 amide bonds. The standard InChI is InChI=1S/C20H23N5O5S/c1-20(2,11-26)10-22-18(27)12-3-8-16-15(9-12)17(19(28)23-16)25-24-13-4-6-14(7-5-13)31(21,29)30/h3-9,24,26H,10-11H2,1-2H3,(H,22,27)(H2,21,29,30)(H,23,25,28). The lowest BCUT2D eigenvalue weighted by Gasteiger charge is -2.21. The number of aliphatic hydroxyl groups excluding tert-OH is 1. The Morgan fingerprint density at radius 3 is 2.48 bits per heavy atom. The van der Waals surface area contributed by atoms with Gasteiger partial charge in [-0.2, -0.15) is 5.10 Å². The molecule has 1 heterocycles. The molecule has 0 aliphatic carbocycles. The summed E-state index contributed by atoms with van der Waals surface area (Å²) >= 11 is 0. The van der Waals surface area contributed by atoms with Crippen molar-refractivity contribution in [3.8, 4) is 0 Å². The van der Waals surface area contributed by atoms with Crippen LogP contribution in [0.15, 0.2) is 52.5 Å². The van der Waals surface area contributed by atoms with Gasteiger partial charge in [0.15, 0.2) is 5.71 Å². The highest BCUT2D eigenvalue weighted by Crippen LogP contribution is 2.25. The van der Waals surface area contributed by atoms with E-state index in [4.69, 9.17) is 5.14 Å². The van der Waals surface area contributed by atoms with Crippen molar-refractivity contribution in [2.24, 2.45) is 15.7 Å². The first kappa shape index (κ1) is 22.4. The number of nitrogens with zero attached hydrogens (tertiary/aromatic N) is 1. The van der Waals surface area contributed by atoms with Gasteiger partial charge in [0.2, 0.25) is 10.0 Å². The molecule has 11 heteroatoms. The Morgan fingerprint density at radius 2 is 1.87 bits per heavy atom. The fraction of sp³-hybridized carbons (Fsp3) is 0.250. The number of hydrazone groups is 1. The van der Waals surface area contributed by atoms with Crippen LogP contribution in [-0.2, 0) is 14.8 Å². The summed E-state index contributed by atoms with van der Waals surface area (Å²) in [5, 5.41) is 23.9. The molecule has 6 N–H and O–H groups in total. The van der Waals surface area contributed by atoms with Crippen LogP contribution < -0.4 is 21.2 Å². The highest BCUT2D eigenvalue weighted by molar-refractivity contribution is 7.89. The maximum absolute atomic E-state index is 12.5. The first-order chi connectivity index (χ1) is 14.5. The van der Waals surface area contributed by atoms with Gasteiger partial charge in [-0.3, -0.25) is 15.0 Å². The van der Waals surface area contributed by atoms with Gasteiger partial charge in [0, 0.05) is 29.7 Å². The second kappa shape index (κ2) is 8.46. The number of carbonyl (C=O) groups is 2. The summed E-state index contributed by atoms with van der Waals surface area (Å²) < 4.78 is 22.7. The first-order valence-corrected chi connectivity index (χ1v) is 10.9. The van der Waals surface area contributed by atoms with Gasteiger partial charge in [0.25, 0.3) is 11.8 Å². The molecule has 1 aliphatic rings. The quantitative estimate of drug-likeness (QED) is 0.397. The number of aliphatic hydroxyl groups is 1. The number of sulfonamides is 1. The minimum atomic E-state index is -3.81. The number of benzene rings is 2. The van der Waals surface area contributed by atoms with E-state index in [0.29, 0.717) is 22.5 Å². The van der Waals surface area contributed by atoms with Crippen LogP contribution in [0.5, 0.6) is 0 Å². The maximum atomic E-state index is 12.5. The van der Waals surface area contributed by atoms with E-state index in [0.717, 1.165) is 0 Å². The Hall–Kier alpha value is -3.28. The monoisotopic (exact) mass is 445 g/mol. The fourth-order valence-electron chi connectivity index (χ4n) is 2.72. The number of hydrogen-bond acceptors (Lipinski definition) is 7. The predicted molar refractivity (Wildman–Crippen MR) is 116 cm³/mol. The van der Waals surface area contributed by atoms with Crippen molar-refractivity contribution in [2.75, 3.05) is 23.9 Å². The lowest BCUT2D eigenvalue weighted by atomic mass is 9.95. The molecule has 31 heavy (non-hydrogen) atoms. The van der Waals surface area contributed by atoms with Crippen molar-refractivity contribution in [3.05, 3.63) is 53.6 Å². The molecule has 10 nitrogen and oxygen atoms in total. The van der Waals surface area contributed by atoms with Crippen molar-refractivity contribution in [1.82, 2.24) is 5.32 Å². The molecular weight excluding hydrogens is 422 g/mol. The summed E-state index contributed by atoms with van der Waals surface area (Å²) in [5.41, 5.74) is 4.08. The lowest BCUT2D eigenvalue weighted by molar-refractivity contribution is -0.110. The minimum Gasteiger partial charge on any atom is -0.396 e. The second-order valence-corrected chi connectivity index (χ2v) is 9.42. The van der Waals surface area contributed by atoms with E-state index in [1.165, 1.54) is 24.3 Å². The highest BCUT2D eigenvalue weighted by atomic mass is 32.2. The molecule has 2 aromatic rings. The molecule has 0 saturated heterocycles. The number of amides is 2. The van der Waals surface area contributed by atoms with Crippen LogP contribution in [0.2, 0.25) is 0 Å². The summed E-state index contributed by atoms with van der Waals surface area (Å²) in [5.74, 6) is -0.780. The van der Waals surface area contributed by atoms with Crippen LogP contribution in [-0.4, -0.2) is 44.2 Å². The van der Waals surface area contributed by atoms with Crippen LogP contribution in [0.25, 0.3) is 0 Å². The van der Waals surface area contributed by atoms with E-state index in [9.17, 15) is 23.1 Å². The SMILES string of the molecule is CC(C)(CO)CNC(=O)c1ccc2c(c1)C(=NNc1ccc(S(N)(=O)=O)cc1)C(=O)N2. The Bertz CT molecular complexity index is 1160. The van der Waals surface area contributed by atoms with Crippen LogP contribution in [0.3, 0.4) is 0 Å². The minimum absolute atomic E-state index is 0.0466. The Morgan fingerprint density at radius 1 is 1.19 bits per heavy atom. The van der Waals surface area contributed by atoms with Crippen LogP contribution in [0, 0.1) is 5.41 Å². The molecule has 3 rings (SSSR count). The van der Waals surface area contributed by atoms with Gasteiger partial charge >= 0.3 is 0 Å². The number of nitrogens with two attached hydrogens (primary N) is 1. The number of carbonyl (C=O) groups excluding carboxylic acids is 2. The summed E-state index contributed by atoms with van der Waals surface area (Å²) in [4.78, 5) is 24.7. The number of anilines is 2. The number of hydrogen-bond donors (Lipinski definition) is 5. The molecule has 164 valence electrons. The fourth-order valence-corrected chi connectivity index (χ4v) is 3.24. The van der Waals surface area contributed by atoms with Gasteiger partial charge in [0.1, 0.15) is 0 Å². The molecule has 0 atom stereocenters. The third kappa shape index (κ3) is 5.26. The summed E-state index contributed by atoms with van der Waals surface area (Å²) in [7, 11) is -3.81. The zero-order valence-electron chi connectivity index (χ0n) is 17.0. The molecule has 0 radical (unpaired) electrons. The van der Waals surface area contributed by atoms with E-state index >= 15 is 0 Å². The zero-order valence-corrected chi connectivity index (χ0v) is 17.8. The molecule has 0 aromatic heterocycles. The maximum Gasteiger partial charge on any atom is 0.276 e. The zero-order chi connectivity index (χ0) is 22.8. The van der Waals surface area contributed by atoms with Crippen LogP contribution in [0.1, 0.15) is 29.8 Å². The number of rotatable bonds is 7. The van der Waals surface area contributed by atoms with Crippen molar-refractivity contribution >= 4 is 38.9 Å². The number of primary sulfonamides is 1. The van der Waals surface area contributed by atoms with Crippen LogP contribution >= 0.6 is 0 Å². The summed E-state index contributed by atoms with van der Waals surface area (Å²) in [6.07, 6.45) is 0. The summed E-state index contributed by atoms with van der Waals surface area (Å²) in [6, 6.07) is 10.3. The van der Waals surface area contributed by atoms with E-state index in [1.54, 1.807) is 18.2 Å². The van der Waals surface area contributed by atoms with Crippen molar-refractivity contribution < 1.29 is 23.1 Å². The molecule has 0 saturated carbocycles. The average Bonchev–Trinajstić information content (AvgIpc) is 3.04. The molecule has 2 aromatic carbocycles. The van der Waals surface area contributed by atoms with Crippen molar-refractivity contribution in [2.45, 2.75) is 18.7 Å².